The van der Waals surface area contributed by atoms with Gasteiger partial charge in [0.05, 0.1) is 11.1 Å². The van der Waals surface area contributed by atoms with E-state index in [1.54, 1.807) is 0 Å². The number of hydrogen-bond acceptors (Lipinski definition) is 6. The van der Waals surface area contributed by atoms with Crippen LogP contribution >= 0.6 is 0 Å². The Hall–Kier alpha value is -1.99. The summed E-state index contributed by atoms with van der Waals surface area (Å²) in [6.07, 6.45) is 0.783. The summed E-state index contributed by atoms with van der Waals surface area (Å²) < 4.78 is 0. The van der Waals surface area contributed by atoms with E-state index in [1.807, 2.05) is 0 Å². The third-order valence-electron chi connectivity index (χ3n) is 0.903. The van der Waals surface area contributed by atoms with Crippen molar-refractivity contribution in [3.63, 3.8) is 0 Å². The number of nitrogens with zero attached hydrogens (tertiary/aromatic N) is 2. The van der Waals surface area contributed by atoms with Crippen molar-refractivity contribution in [3.8, 4) is 0 Å². The molecule has 0 aliphatic carbocycles. The van der Waals surface area contributed by atoms with Crippen LogP contribution in [0.3, 0.4) is 0 Å². The molecule has 12 heavy (non-hydrogen) atoms. The molecule has 66 valence electrons. The van der Waals surface area contributed by atoms with Crippen molar-refractivity contribution >= 4 is 5.84 Å². The molecule has 0 atom stereocenters. The van der Waals surface area contributed by atoms with E-state index in [4.69, 9.17) is 5.41 Å². The molecule has 0 aromatic rings. The van der Waals surface area contributed by atoms with Gasteiger partial charge in [-0.2, -0.15) is 0 Å². The van der Waals surface area contributed by atoms with Crippen LogP contribution in [0.25, 0.3) is 0 Å². The third kappa shape index (κ3) is 2.33. The van der Waals surface area contributed by atoms with Gasteiger partial charge in [-0.25, -0.2) is 0 Å². The Morgan fingerprint density at radius 1 is 1.42 bits per heavy atom. The van der Waals surface area contributed by atoms with Crippen molar-refractivity contribution in [2.24, 2.45) is 0 Å². The highest BCUT2D eigenvalue weighted by Gasteiger charge is 2.27. The molecule has 0 fully saturated rings. The lowest BCUT2D eigenvalue weighted by Crippen LogP contribution is -2.20. The average Bonchev–Trinajstić information content (AvgIpc) is 1.98. The van der Waals surface area contributed by atoms with Gasteiger partial charge < -0.3 is 15.4 Å². The van der Waals surface area contributed by atoms with E-state index in [-0.39, 0.29) is 0 Å². The molecule has 0 heterocycles. The van der Waals surface area contributed by atoms with Crippen molar-refractivity contribution in [2.45, 2.75) is 0 Å². The highest BCUT2D eigenvalue weighted by molar-refractivity contribution is 5.86. The van der Waals surface area contributed by atoms with Gasteiger partial charge in [0.15, 0.2) is 0 Å². The Morgan fingerprint density at radius 3 is 2.17 bits per heavy atom. The Morgan fingerprint density at radius 2 is 1.92 bits per heavy atom. The quantitative estimate of drug-likeness (QED) is 0.260. The van der Waals surface area contributed by atoms with Crippen LogP contribution in [0.15, 0.2) is 11.9 Å². The first kappa shape index (κ1) is 10.0. The highest BCUT2D eigenvalue weighted by atomic mass is 16.6. The summed E-state index contributed by atoms with van der Waals surface area (Å²) in [5.74, 6) is -1.24. The van der Waals surface area contributed by atoms with Crippen LogP contribution in [0.5, 0.6) is 0 Å². The van der Waals surface area contributed by atoms with Crippen LogP contribution in [-0.2, 0) is 0 Å². The molecule has 0 aliphatic heterocycles. The summed E-state index contributed by atoms with van der Waals surface area (Å²) >= 11 is 0. The second kappa shape index (κ2) is 4.01. The summed E-state index contributed by atoms with van der Waals surface area (Å²) in [5, 5.41) is 28.9. The Balaban J connectivity index is 4.77. The molecule has 0 amide bonds. The molecule has 0 bridgehead atoms. The number of rotatable bonds is 3. The molecule has 0 aliphatic rings. The molecule has 0 saturated carbocycles. The van der Waals surface area contributed by atoms with Gasteiger partial charge in [0.2, 0.25) is 0 Å². The highest BCUT2D eigenvalue weighted by Crippen LogP contribution is 1.96. The monoisotopic (exact) mass is 174 g/mol. The van der Waals surface area contributed by atoms with Crippen LogP contribution < -0.4 is 5.32 Å². The first-order valence-corrected chi connectivity index (χ1v) is 2.75. The maximum Gasteiger partial charge on any atom is 0.436 e. The molecule has 0 saturated heterocycles. The minimum Gasteiger partial charge on any atom is -0.388 e. The first-order chi connectivity index (χ1) is 5.50. The minimum absolute atomic E-state index is 0.783. The molecule has 0 aromatic carbocycles. The van der Waals surface area contributed by atoms with E-state index < -0.39 is 21.4 Å². The maximum absolute atomic E-state index is 10.1. The molecule has 2 N–H and O–H groups in total. The lowest BCUT2D eigenvalue weighted by atomic mass is 10.4. The third-order valence-corrected chi connectivity index (χ3v) is 0.903. The standard InChI is InChI=1S/C4H6N4O4/c1-6-2-3(7(9)10)4(5)8(11)12/h2,5-6H,1H3/b3-2+,5-4?. The molecule has 0 spiro atoms. The second-order valence-corrected chi connectivity index (χ2v) is 1.68. The normalized spacial score (nSPS) is 10.6. The van der Waals surface area contributed by atoms with E-state index in [0.29, 0.717) is 0 Å². The molecule has 0 rings (SSSR count). The van der Waals surface area contributed by atoms with Gasteiger partial charge in [0.25, 0.3) is 0 Å². The molecule has 8 nitrogen and oxygen atoms in total. The maximum atomic E-state index is 10.1. The predicted octanol–water partition coefficient (Wildman–Crippen LogP) is -0.422. The Bertz CT molecular complexity index is 258. The Labute approximate surface area is 66.7 Å². The fourth-order valence-corrected chi connectivity index (χ4v) is 0.438. The molecular formula is C4H6N4O4. The van der Waals surface area contributed by atoms with Gasteiger partial charge in [-0.15, -0.1) is 0 Å². The van der Waals surface area contributed by atoms with Gasteiger partial charge in [0.1, 0.15) is 0 Å². The van der Waals surface area contributed by atoms with Crippen LogP contribution in [0.4, 0.5) is 0 Å². The van der Waals surface area contributed by atoms with Crippen LogP contribution in [0.2, 0.25) is 0 Å². The Kier molecular flexibility index (Phi) is 3.34. The van der Waals surface area contributed by atoms with Crippen molar-refractivity contribution in [1.29, 1.82) is 5.41 Å². The minimum atomic E-state index is -1.24. The van der Waals surface area contributed by atoms with Crippen molar-refractivity contribution in [3.05, 3.63) is 32.1 Å². The van der Waals surface area contributed by atoms with Gasteiger partial charge in [-0.05, 0) is 4.92 Å². The molecule has 8 heteroatoms. The zero-order valence-corrected chi connectivity index (χ0v) is 6.10. The van der Waals surface area contributed by atoms with Crippen LogP contribution in [0, 0.1) is 25.6 Å². The van der Waals surface area contributed by atoms with Gasteiger partial charge in [-0.3, -0.25) is 10.1 Å². The number of nitrogens with one attached hydrogen (secondary N) is 2. The smallest absolute Gasteiger partial charge is 0.388 e. The summed E-state index contributed by atoms with van der Waals surface area (Å²) in [7, 11) is 1.34. The molecule has 0 aromatic heterocycles. The summed E-state index contributed by atoms with van der Waals surface area (Å²) in [5.41, 5.74) is -0.873. The van der Waals surface area contributed by atoms with Gasteiger partial charge in [-0.1, -0.05) is 5.41 Å². The van der Waals surface area contributed by atoms with Crippen LogP contribution in [-0.4, -0.2) is 22.7 Å². The van der Waals surface area contributed by atoms with E-state index in [9.17, 15) is 20.2 Å². The SMILES string of the molecule is CN/C=C(\C(=N)[N+](=O)[O-])[N+](=O)[O-]. The van der Waals surface area contributed by atoms with E-state index in [1.165, 1.54) is 7.05 Å². The number of nitro groups is 2. The van der Waals surface area contributed by atoms with Crippen molar-refractivity contribution < 1.29 is 9.85 Å². The fraction of sp³-hybridized carbons (Fsp3) is 0.250. The van der Waals surface area contributed by atoms with Crippen molar-refractivity contribution in [2.75, 3.05) is 7.05 Å². The first-order valence-electron chi connectivity index (χ1n) is 2.75. The number of amidine groups is 1. The molecular weight excluding hydrogens is 168 g/mol. The largest absolute Gasteiger partial charge is 0.436 e. The zero-order chi connectivity index (χ0) is 9.72. The zero-order valence-electron chi connectivity index (χ0n) is 6.10. The summed E-state index contributed by atoms with van der Waals surface area (Å²) in [4.78, 5) is 17.9. The summed E-state index contributed by atoms with van der Waals surface area (Å²) in [6.45, 7) is 0. The summed E-state index contributed by atoms with van der Waals surface area (Å²) in [6, 6.07) is 0. The fourth-order valence-electron chi connectivity index (χ4n) is 0.438. The van der Waals surface area contributed by atoms with Crippen LogP contribution in [0.1, 0.15) is 0 Å². The van der Waals surface area contributed by atoms with Crippen molar-refractivity contribution in [1.82, 2.24) is 5.32 Å². The average molecular weight is 174 g/mol. The van der Waals surface area contributed by atoms with E-state index in [0.717, 1.165) is 6.20 Å². The molecule has 0 unspecified atom stereocenters. The van der Waals surface area contributed by atoms with E-state index in [2.05, 4.69) is 5.32 Å². The lowest BCUT2D eigenvalue weighted by molar-refractivity contribution is -0.437. The predicted molar refractivity (Wildman–Crippen MR) is 38.9 cm³/mol. The number of hydrogen-bond donors (Lipinski definition) is 2. The topological polar surface area (TPSA) is 122 Å². The second-order valence-electron chi connectivity index (χ2n) is 1.68. The molecule has 0 radical (unpaired) electrons. The lowest BCUT2D eigenvalue weighted by Gasteiger charge is -1.93. The van der Waals surface area contributed by atoms with Gasteiger partial charge in [0, 0.05) is 7.05 Å². The van der Waals surface area contributed by atoms with E-state index >= 15 is 0 Å². The van der Waals surface area contributed by atoms with Gasteiger partial charge >= 0.3 is 11.5 Å².